The fraction of sp³-hybridized carbons (Fsp3) is 0.533. The first-order chi connectivity index (χ1) is 8.22. The molecular weight excluding hydrogens is 212 g/mol. The molecule has 2 nitrogen and oxygen atoms in total. The number of benzene rings is 1. The van der Waals surface area contributed by atoms with Gasteiger partial charge in [-0.3, -0.25) is 4.79 Å². The van der Waals surface area contributed by atoms with Crippen molar-refractivity contribution in [1.82, 2.24) is 0 Å². The lowest BCUT2D eigenvalue weighted by atomic mass is 10.1. The SMILES string of the molecule is CCCCCCOc1cccc(CC(C)=O)c1. The molecule has 1 rings (SSSR count). The van der Waals surface area contributed by atoms with Crippen LogP contribution < -0.4 is 4.74 Å². The van der Waals surface area contributed by atoms with Crippen LogP contribution >= 0.6 is 0 Å². The highest BCUT2D eigenvalue weighted by atomic mass is 16.5. The van der Waals surface area contributed by atoms with E-state index in [1.807, 2.05) is 24.3 Å². The quantitative estimate of drug-likeness (QED) is 0.640. The zero-order chi connectivity index (χ0) is 12.5. The molecule has 17 heavy (non-hydrogen) atoms. The summed E-state index contributed by atoms with van der Waals surface area (Å²) < 4.78 is 5.66. The van der Waals surface area contributed by atoms with Gasteiger partial charge >= 0.3 is 0 Å². The Morgan fingerprint density at radius 2 is 2.06 bits per heavy atom. The van der Waals surface area contributed by atoms with Gasteiger partial charge in [0, 0.05) is 6.42 Å². The van der Waals surface area contributed by atoms with Crippen LogP contribution in [0.4, 0.5) is 0 Å². The summed E-state index contributed by atoms with van der Waals surface area (Å²) in [7, 11) is 0. The number of ketones is 1. The van der Waals surface area contributed by atoms with Gasteiger partial charge in [0.2, 0.25) is 0 Å². The maximum absolute atomic E-state index is 11.0. The van der Waals surface area contributed by atoms with E-state index in [1.54, 1.807) is 6.92 Å². The van der Waals surface area contributed by atoms with Crippen LogP contribution in [0.3, 0.4) is 0 Å². The molecule has 0 spiro atoms. The lowest BCUT2D eigenvalue weighted by Crippen LogP contribution is -1.99. The van der Waals surface area contributed by atoms with Crippen LogP contribution in [0.15, 0.2) is 24.3 Å². The maximum atomic E-state index is 11.0. The fourth-order valence-electron chi connectivity index (χ4n) is 1.75. The van der Waals surface area contributed by atoms with E-state index in [-0.39, 0.29) is 5.78 Å². The second-order valence-electron chi connectivity index (χ2n) is 4.44. The van der Waals surface area contributed by atoms with Crippen LogP contribution in [0, 0.1) is 0 Å². The molecular formula is C15H22O2. The lowest BCUT2D eigenvalue weighted by Gasteiger charge is -2.07. The summed E-state index contributed by atoms with van der Waals surface area (Å²) in [6, 6.07) is 7.82. The van der Waals surface area contributed by atoms with Gasteiger partial charge in [-0.05, 0) is 31.0 Å². The van der Waals surface area contributed by atoms with Crippen LogP contribution in [-0.2, 0) is 11.2 Å². The number of hydrogen-bond acceptors (Lipinski definition) is 2. The smallest absolute Gasteiger partial charge is 0.134 e. The number of Topliss-reactive ketones (excluding diaryl/α,β-unsaturated/α-hetero) is 1. The summed E-state index contributed by atoms with van der Waals surface area (Å²) in [6.07, 6.45) is 5.34. The number of carbonyl (C=O) groups excluding carboxylic acids is 1. The molecule has 0 radical (unpaired) electrons. The summed E-state index contributed by atoms with van der Waals surface area (Å²) in [5.74, 6) is 1.06. The highest BCUT2D eigenvalue weighted by Crippen LogP contribution is 2.14. The number of ether oxygens (including phenoxy) is 1. The van der Waals surface area contributed by atoms with Crippen LogP contribution in [0.25, 0.3) is 0 Å². The van der Waals surface area contributed by atoms with Crippen molar-refractivity contribution in [2.45, 2.75) is 46.0 Å². The van der Waals surface area contributed by atoms with E-state index in [0.29, 0.717) is 6.42 Å². The molecule has 1 aromatic carbocycles. The normalized spacial score (nSPS) is 10.2. The third kappa shape index (κ3) is 6.10. The number of unbranched alkanes of at least 4 members (excludes halogenated alkanes) is 3. The number of hydrogen-bond donors (Lipinski definition) is 0. The van der Waals surface area contributed by atoms with E-state index < -0.39 is 0 Å². The van der Waals surface area contributed by atoms with E-state index in [1.165, 1.54) is 19.3 Å². The standard InChI is InChI=1S/C15H22O2/c1-3-4-5-6-10-17-15-9-7-8-14(12-15)11-13(2)16/h7-9,12H,3-6,10-11H2,1-2H3. The first kappa shape index (κ1) is 13.8. The van der Waals surface area contributed by atoms with E-state index in [4.69, 9.17) is 4.74 Å². The van der Waals surface area contributed by atoms with Crippen LogP contribution in [0.5, 0.6) is 5.75 Å². The van der Waals surface area contributed by atoms with Gasteiger partial charge in [0.05, 0.1) is 6.61 Å². The molecule has 0 heterocycles. The first-order valence-electron chi connectivity index (χ1n) is 6.43. The van der Waals surface area contributed by atoms with Gasteiger partial charge < -0.3 is 4.74 Å². The Labute approximate surface area is 104 Å². The van der Waals surface area contributed by atoms with Gasteiger partial charge in [0.1, 0.15) is 11.5 Å². The van der Waals surface area contributed by atoms with Crippen molar-refractivity contribution in [3.05, 3.63) is 29.8 Å². The molecule has 0 aliphatic heterocycles. The summed E-state index contributed by atoms with van der Waals surface area (Å²) in [5.41, 5.74) is 1.03. The van der Waals surface area contributed by atoms with Crippen molar-refractivity contribution in [3.63, 3.8) is 0 Å². The van der Waals surface area contributed by atoms with Crippen molar-refractivity contribution in [2.24, 2.45) is 0 Å². The minimum Gasteiger partial charge on any atom is -0.494 e. The van der Waals surface area contributed by atoms with Crippen molar-refractivity contribution in [3.8, 4) is 5.75 Å². The molecule has 0 N–H and O–H groups in total. The largest absolute Gasteiger partial charge is 0.494 e. The summed E-state index contributed by atoms with van der Waals surface area (Å²) in [6.45, 7) is 4.58. The number of carbonyl (C=O) groups is 1. The predicted molar refractivity (Wildman–Crippen MR) is 70.5 cm³/mol. The van der Waals surface area contributed by atoms with E-state index in [2.05, 4.69) is 6.92 Å². The summed E-state index contributed by atoms with van der Waals surface area (Å²) in [4.78, 5) is 11.0. The molecule has 0 amide bonds. The minimum absolute atomic E-state index is 0.185. The van der Waals surface area contributed by atoms with Crippen molar-refractivity contribution in [1.29, 1.82) is 0 Å². The molecule has 0 atom stereocenters. The monoisotopic (exact) mass is 234 g/mol. The average Bonchev–Trinajstić information content (AvgIpc) is 2.28. The zero-order valence-electron chi connectivity index (χ0n) is 10.9. The highest BCUT2D eigenvalue weighted by Gasteiger charge is 2.00. The fourth-order valence-corrected chi connectivity index (χ4v) is 1.75. The molecule has 0 saturated carbocycles. The second kappa shape index (κ2) is 7.88. The molecule has 2 heteroatoms. The summed E-state index contributed by atoms with van der Waals surface area (Å²) in [5, 5.41) is 0. The minimum atomic E-state index is 0.185. The topological polar surface area (TPSA) is 26.3 Å². The molecule has 0 fully saturated rings. The van der Waals surface area contributed by atoms with Gasteiger partial charge in [-0.1, -0.05) is 38.3 Å². The Morgan fingerprint density at radius 3 is 2.76 bits per heavy atom. The summed E-state index contributed by atoms with van der Waals surface area (Å²) >= 11 is 0. The third-order valence-electron chi connectivity index (χ3n) is 2.62. The molecule has 0 saturated heterocycles. The van der Waals surface area contributed by atoms with E-state index in [9.17, 15) is 4.79 Å². The van der Waals surface area contributed by atoms with Gasteiger partial charge in [-0.15, -0.1) is 0 Å². The molecule has 0 unspecified atom stereocenters. The first-order valence-corrected chi connectivity index (χ1v) is 6.43. The van der Waals surface area contributed by atoms with E-state index >= 15 is 0 Å². The van der Waals surface area contributed by atoms with Crippen molar-refractivity contribution < 1.29 is 9.53 Å². The van der Waals surface area contributed by atoms with Gasteiger partial charge in [0.15, 0.2) is 0 Å². The Balaban J connectivity index is 2.35. The molecule has 0 bridgehead atoms. The number of rotatable bonds is 8. The Kier molecular flexibility index (Phi) is 6.38. The van der Waals surface area contributed by atoms with E-state index in [0.717, 1.165) is 24.3 Å². The van der Waals surface area contributed by atoms with Crippen molar-refractivity contribution in [2.75, 3.05) is 6.61 Å². The van der Waals surface area contributed by atoms with Crippen LogP contribution in [0.2, 0.25) is 0 Å². The molecule has 0 aromatic heterocycles. The van der Waals surface area contributed by atoms with Crippen LogP contribution in [-0.4, -0.2) is 12.4 Å². The Bertz CT molecular complexity index is 345. The Hall–Kier alpha value is -1.31. The zero-order valence-corrected chi connectivity index (χ0v) is 10.9. The van der Waals surface area contributed by atoms with Crippen molar-refractivity contribution >= 4 is 5.78 Å². The van der Waals surface area contributed by atoms with Gasteiger partial charge in [-0.2, -0.15) is 0 Å². The lowest BCUT2D eigenvalue weighted by molar-refractivity contribution is -0.116. The third-order valence-corrected chi connectivity index (χ3v) is 2.62. The Morgan fingerprint density at radius 1 is 1.24 bits per heavy atom. The predicted octanol–water partition coefficient (Wildman–Crippen LogP) is 3.78. The molecule has 0 aliphatic carbocycles. The van der Waals surface area contributed by atoms with Gasteiger partial charge in [-0.25, -0.2) is 0 Å². The highest BCUT2D eigenvalue weighted by molar-refractivity contribution is 5.78. The molecule has 0 aliphatic rings. The van der Waals surface area contributed by atoms with Crippen LogP contribution in [0.1, 0.15) is 45.1 Å². The molecule has 1 aromatic rings. The average molecular weight is 234 g/mol. The maximum Gasteiger partial charge on any atom is 0.134 e. The van der Waals surface area contributed by atoms with Gasteiger partial charge in [0.25, 0.3) is 0 Å². The molecule has 94 valence electrons. The second-order valence-corrected chi connectivity index (χ2v) is 4.44.